The molecule has 2 rings (SSSR count). The van der Waals surface area contributed by atoms with Crippen molar-refractivity contribution >= 4 is 5.91 Å². The van der Waals surface area contributed by atoms with Gasteiger partial charge < -0.3 is 15.7 Å². The van der Waals surface area contributed by atoms with Gasteiger partial charge in [0, 0.05) is 39.3 Å². The molecule has 0 aromatic rings. The third-order valence-corrected chi connectivity index (χ3v) is 4.93. The van der Waals surface area contributed by atoms with Crippen LogP contribution in [0.1, 0.15) is 46.0 Å². The molecular formula is C16H31N3O2. The summed E-state index contributed by atoms with van der Waals surface area (Å²) in [4.78, 5) is 17.1. The molecule has 1 heterocycles. The number of amides is 1. The summed E-state index contributed by atoms with van der Waals surface area (Å²) in [6, 6.07) is 0. The molecule has 0 spiro atoms. The van der Waals surface area contributed by atoms with Gasteiger partial charge in [-0.15, -0.1) is 0 Å². The van der Waals surface area contributed by atoms with E-state index < -0.39 is 5.60 Å². The third kappa shape index (κ3) is 4.18. The van der Waals surface area contributed by atoms with E-state index in [0.717, 1.165) is 51.9 Å². The van der Waals surface area contributed by atoms with Crippen LogP contribution in [0.2, 0.25) is 0 Å². The molecule has 1 saturated heterocycles. The van der Waals surface area contributed by atoms with E-state index in [0.29, 0.717) is 13.1 Å². The maximum Gasteiger partial charge on any atom is 0.230 e. The number of nitrogens with two attached hydrogens (primary N) is 1. The summed E-state index contributed by atoms with van der Waals surface area (Å²) in [5.74, 6) is 0.271. The summed E-state index contributed by atoms with van der Waals surface area (Å²) in [6.07, 6.45) is 5.38. The highest BCUT2D eigenvalue weighted by Crippen LogP contribution is 2.37. The number of nitrogens with zero attached hydrogens (tertiary/aromatic N) is 2. The predicted molar refractivity (Wildman–Crippen MR) is 83.9 cm³/mol. The van der Waals surface area contributed by atoms with Gasteiger partial charge in [-0.05, 0) is 26.7 Å². The van der Waals surface area contributed by atoms with Crippen LogP contribution in [0.4, 0.5) is 0 Å². The van der Waals surface area contributed by atoms with Gasteiger partial charge in [-0.1, -0.05) is 19.3 Å². The number of rotatable bonds is 4. The first-order valence-corrected chi connectivity index (χ1v) is 8.30. The molecule has 1 aliphatic heterocycles. The van der Waals surface area contributed by atoms with Crippen LogP contribution >= 0.6 is 0 Å². The van der Waals surface area contributed by atoms with Crippen molar-refractivity contribution in [2.45, 2.75) is 51.6 Å². The number of carbonyl (C=O) groups is 1. The van der Waals surface area contributed by atoms with Crippen molar-refractivity contribution in [3.8, 4) is 0 Å². The molecule has 2 aliphatic rings. The molecule has 1 aliphatic carbocycles. The zero-order valence-corrected chi connectivity index (χ0v) is 13.6. The van der Waals surface area contributed by atoms with Gasteiger partial charge >= 0.3 is 0 Å². The summed E-state index contributed by atoms with van der Waals surface area (Å²) in [5.41, 5.74) is 5.00. The molecule has 5 nitrogen and oxygen atoms in total. The Balaban J connectivity index is 1.90. The van der Waals surface area contributed by atoms with Gasteiger partial charge in [0.25, 0.3) is 0 Å². The average molecular weight is 297 g/mol. The van der Waals surface area contributed by atoms with Crippen LogP contribution in [0.15, 0.2) is 0 Å². The van der Waals surface area contributed by atoms with Crippen molar-refractivity contribution in [2.24, 2.45) is 11.1 Å². The molecule has 2 fully saturated rings. The molecule has 0 radical (unpaired) electrons. The van der Waals surface area contributed by atoms with Gasteiger partial charge in [-0.2, -0.15) is 0 Å². The standard InChI is InChI=1S/C16H31N3O2/c1-15(2,21)13-18-8-10-19(11-9-18)14(20)16(12-17)6-4-3-5-7-16/h21H,3-13,17H2,1-2H3. The SMILES string of the molecule is CC(C)(O)CN1CCN(C(=O)C2(CN)CCCCC2)CC1. The number of hydrogen-bond acceptors (Lipinski definition) is 4. The lowest BCUT2D eigenvalue weighted by Crippen LogP contribution is -2.56. The Labute approximate surface area is 128 Å². The largest absolute Gasteiger partial charge is 0.389 e. The van der Waals surface area contributed by atoms with E-state index >= 15 is 0 Å². The zero-order valence-electron chi connectivity index (χ0n) is 13.6. The second-order valence-corrected chi connectivity index (χ2v) is 7.43. The number of aliphatic hydroxyl groups is 1. The lowest BCUT2D eigenvalue weighted by Gasteiger charge is -2.43. The van der Waals surface area contributed by atoms with Gasteiger partial charge in [0.2, 0.25) is 5.91 Å². The van der Waals surface area contributed by atoms with Crippen LogP contribution in [0.25, 0.3) is 0 Å². The summed E-state index contributed by atoms with van der Waals surface area (Å²) < 4.78 is 0. The molecule has 0 aromatic heterocycles. The van der Waals surface area contributed by atoms with Gasteiger partial charge in [0.05, 0.1) is 11.0 Å². The summed E-state index contributed by atoms with van der Waals surface area (Å²) in [7, 11) is 0. The second kappa shape index (κ2) is 6.63. The Kier molecular flexibility index (Phi) is 5.28. The van der Waals surface area contributed by atoms with E-state index in [4.69, 9.17) is 5.73 Å². The molecule has 0 unspecified atom stereocenters. The minimum absolute atomic E-state index is 0.271. The Morgan fingerprint density at radius 2 is 1.71 bits per heavy atom. The molecule has 0 bridgehead atoms. The smallest absolute Gasteiger partial charge is 0.230 e. The molecule has 21 heavy (non-hydrogen) atoms. The lowest BCUT2D eigenvalue weighted by atomic mass is 9.73. The van der Waals surface area contributed by atoms with Crippen LogP contribution in [-0.4, -0.2) is 65.7 Å². The second-order valence-electron chi connectivity index (χ2n) is 7.43. The Morgan fingerprint density at radius 1 is 1.14 bits per heavy atom. The van der Waals surface area contributed by atoms with Crippen LogP contribution < -0.4 is 5.73 Å². The van der Waals surface area contributed by atoms with Crippen LogP contribution in [0, 0.1) is 5.41 Å². The molecule has 0 atom stereocenters. The van der Waals surface area contributed by atoms with Crippen LogP contribution in [-0.2, 0) is 4.79 Å². The minimum atomic E-state index is -0.673. The summed E-state index contributed by atoms with van der Waals surface area (Å²) in [5, 5.41) is 9.89. The Bertz CT molecular complexity index is 351. The highest BCUT2D eigenvalue weighted by molar-refractivity contribution is 5.83. The van der Waals surface area contributed by atoms with Crippen LogP contribution in [0.3, 0.4) is 0 Å². The van der Waals surface area contributed by atoms with Gasteiger partial charge in [-0.25, -0.2) is 0 Å². The van der Waals surface area contributed by atoms with E-state index in [1.165, 1.54) is 6.42 Å². The van der Waals surface area contributed by atoms with Crippen molar-refractivity contribution in [3.05, 3.63) is 0 Å². The highest BCUT2D eigenvalue weighted by Gasteiger charge is 2.41. The topological polar surface area (TPSA) is 69.8 Å². The molecule has 3 N–H and O–H groups in total. The normalized spacial score (nSPS) is 24.1. The third-order valence-electron chi connectivity index (χ3n) is 4.93. The fourth-order valence-corrected chi connectivity index (χ4v) is 3.73. The molecule has 5 heteroatoms. The molecule has 1 amide bonds. The molecule has 122 valence electrons. The fourth-order valence-electron chi connectivity index (χ4n) is 3.73. The number of carbonyl (C=O) groups excluding carboxylic acids is 1. The zero-order chi connectivity index (χ0) is 15.5. The quantitative estimate of drug-likeness (QED) is 0.806. The Hall–Kier alpha value is -0.650. The van der Waals surface area contributed by atoms with Gasteiger partial charge in [0.15, 0.2) is 0 Å². The first kappa shape index (κ1) is 16.7. The summed E-state index contributed by atoms with van der Waals surface area (Å²) in [6.45, 7) is 8.01. The number of β-amino-alcohol motifs (C(OH)–C–C–N with tert-alkyl or cyclic N) is 1. The number of piperazine rings is 1. The Morgan fingerprint density at radius 3 is 2.19 bits per heavy atom. The monoisotopic (exact) mass is 297 g/mol. The van der Waals surface area contributed by atoms with Crippen molar-refractivity contribution in [1.29, 1.82) is 0 Å². The van der Waals surface area contributed by atoms with Crippen molar-refractivity contribution in [2.75, 3.05) is 39.3 Å². The number of hydrogen-bond donors (Lipinski definition) is 2. The maximum absolute atomic E-state index is 12.9. The first-order valence-electron chi connectivity index (χ1n) is 8.30. The van der Waals surface area contributed by atoms with E-state index in [9.17, 15) is 9.90 Å². The predicted octanol–water partition coefficient (Wildman–Crippen LogP) is 0.811. The van der Waals surface area contributed by atoms with Crippen LogP contribution in [0.5, 0.6) is 0 Å². The molecule has 1 saturated carbocycles. The van der Waals surface area contributed by atoms with E-state index in [1.807, 2.05) is 18.7 Å². The molecule has 0 aromatic carbocycles. The lowest BCUT2D eigenvalue weighted by molar-refractivity contribution is -0.145. The van der Waals surface area contributed by atoms with E-state index in [2.05, 4.69) is 4.90 Å². The van der Waals surface area contributed by atoms with Gasteiger partial charge in [-0.3, -0.25) is 9.69 Å². The van der Waals surface area contributed by atoms with Crippen molar-refractivity contribution in [3.63, 3.8) is 0 Å². The van der Waals surface area contributed by atoms with Gasteiger partial charge in [0.1, 0.15) is 0 Å². The van der Waals surface area contributed by atoms with Crippen molar-refractivity contribution in [1.82, 2.24) is 9.80 Å². The minimum Gasteiger partial charge on any atom is -0.389 e. The van der Waals surface area contributed by atoms with Crippen molar-refractivity contribution < 1.29 is 9.90 Å². The maximum atomic E-state index is 12.9. The highest BCUT2D eigenvalue weighted by atomic mass is 16.3. The first-order chi connectivity index (χ1) is 9.86. The fraction of sp³-hybridized carbons (Fsp3) is 0.938. The van der Waals surface area contributed by atoms with E-state index in [1.54, 1.807) is 0 Å². The summed E-state index contributed by atoms with van der Waals surface area (Å²) >= 11 is 0. The average Bonchev–Trinajstić information content (AvgIpc) is 2.46. The van der Waals surface area contributed by atoms with E-state index in [-0.39, 0.29) is 11.3 Å². The molecular weight excluding hydrogens is 266 g/mol.